The second-order valence-corrected chi connectivity index (χ2v) is 6.59. The number of benzene rings is 2. The molecule has 0 aliphatic carbocycles. The average Bonchev–Trinajstić information content (AvgIpc) is 2.72. The summed E-state index contributed by atoms with van der Waals surface area (Å²) in [6, 6.07) is 15.7. The second kappa shape index (κ2) is 9.27. The summed E-state index contributed by atoms with van der Waals surface area (Å²) in [5.74, 6) is 0. The highest BCUT2D eigenvalue weighted by Crippen LogP contribution is 2.44. The highest BCUT2D eigenvalue weighted by atomic mass is 19.4. The molecule has 1 aromatic heterocycles. The Kier molecular flexibility index (Phi) is 7.25. The van der Waals surface area contributed by atoms with Crippen molar-refractivity contribution < 1.29 is 18.3 Å². The molecule has 3 rings (SSSR count). The van der Waals surface area contributed by atoms with E-state index < -0.39 is 24.2 Å². The topological polar surface area (TPSA) is 45.1 Å². The molecule has 2 unspecified atom stereocenters. The van der Waals surface area contributed by atoms with E-state index in [-0.39, 0.29) is 0 Å². The van der Waals surface area contributed by atoms with Crippen LogP contribution in [0.25, 0.3) is 10.9 Å². The lowest BCUT2D eigenvalue weighted by Crippen LogP contribution is -2.52. The summed E-state index contributed by atoms with van der Waals surface area (Å²) in [6.07, 6.45) is -5.28. The molecule has 3 nitrogen and oxygen atoms in total. The molecule has 0 radical (unpaired) electrons. The van der Waals surface area contributed by atoms with Crippen molar-refractivity contribution in [3.8, 4) is 0 Å². The van der Waals surface area contributed by atoms with Crippen LogP contribution in [0.5, 0.6) is 0 Å². The average molecular weight is 404 g/mol. The van der Waals surface area contributed by atoms with E-state index in [1.165, 1.54) is 6.92 Å². The van der Waals surface area contributed by atoms with Crippen molar-refractivity contribution in [2.75, 3.05) is 5.32 Å². The third-order valence-corrected chi connectivity index (χ3v) is 4.81. The second-order valence-electron chi connectivity index (χ2n) is 6.59. The normalized spacial score (nSPS) is 14.5. The number of hydrogen-bond acceptors (Lipinski definition) is 3. The quantitative estimate of drug-likeness (QED) is 0.515. The van der Waals surface area contributed by atoms with Crippen LogP contribution in [0.2, 0.25) is 0 Å². The molecule has 2 N–H and O–H groups in total. The van der Waals surface area contributed by atoms with Crippen LogP contribution < -0.4 is 5.32 Å². The lowest BCUT2D eigenvalue weighted by atomic mass is 9.85. The largest absolute Gasteiger partial charge is 0.419 e. The molecular weight excluding hydrogens is 377 g/mol. The Morgan fingerprint density at radius 2 is 1.62 bits per heavy atom. The molecule has 0 fully saturated rings. The van der Waals surface area contributed by atoms with E-state index in [1.807, 2.05) is 26.8 Å². The predicted molar refractivity (Wildman–Crippen MR) is 112 cm³/mol. The number of aliphatic hydroxyl groups is 1. The fraction of sp³-hybridized carbons (Fsp3) is 0.348. The Labute approximate surface area is 169 Å². The number of nitrogens with zero attached hydrogens (tertiary/aromatic N) is 1. The third-order valence-electron chi connectivity index (χ3n) is 4.81. The number of pyridine rings is 1. The van der Waals surface area contributed by atoms with Gasteiger partial charge >= 0.3 is 6.18 Å². The van der Waals surface area contributed by atoms with Crippen molar-refractivity contribution in [1.82, 2.24) is 4.98 Å². The number of rotatable bonds is 5. The Morgan fingerprint density at radius 1 is 0.966 bits per heavy atom. The van der Waals surface area contributed by atoms with Crippen LogP contribution in [0, 0.1) is 6.92 Å². The van der Waals surface area contributed by atoms with Crippen LogP contribution in [-0.2, 0) is 0 Å². The summed E-state index contributed by atoms with van der Waals surface area (Å²) < 4.78 is 41.4. The number of aryl methyl sites for hydroxylation is 1. The molecule has 0 amide bonds. The van der Waals surface area contributed by atoms with Gasteiger partial charge in [-0.2, -0.15) is 13.2 Å². The van der Waals surface area contributed by atoms with E-state index in [4.69, 9.17) is 0 Å². The third kappa shape index (κ3) is 4.70. The van der Waals surface area contributed by atoms with E-state index in [0.717, 1.165) is 5.69 Å². The van der Waals surface area contributed by atoms with Crippen molar-refractivity contribution >= 4 is 16.6 Å². The fourth-order valence-corrected chi connectivity index (χ4v) is 3.23. The summed E-state index contributed by atoms with van der Waals surface area (Å²) in [7, 11) is 0. The molecule has 0 aliphatic rings. The van der Waals surface area contributed by atoms with Gasteiger partial charge in [-0.3, -0.25) is 4.98 Å². The number of nitrogens with one attached hydrogen (secondary N) is 1. The fourth-order valence-electron chi connectivity index (χ4n) is 3.23. The first-order chi connectivity index (χ1) is 13.8. The lowest BCUT2D eigenvalue weighted by Gasteiger charge is -2.38. The van der Waals surface area contributed by atoms with Gasteiger partial charge < -0.3 is 10.4 Å². The summed E-state index contributed by atoms with van der Waals surface area (Å²) in [5, 5.41) is 14.3. The molecule has 0 spiro atoms. The van der Waals surface area contributed by atoms with Crippen LogP contribution in [0.15, 0.2) is 60.7 Å². The molecule has 2 aromatic carbocycles. The molecule has 6 heteroatoms. The number of aromatic nitrogens is 1. The Bertz CT molecular complexity index is 928. The number of hydrogen-bond donors (Lipinski definition) is 2. The van der Waals surface area contributed by atoms with Crippen LogP contribution in [0.4, 0.5) is 18.9 Å². The van der Waals surface area contributed by atoms with E-state index >= 15 is 0 Å². The van der Waals surface area contributed by atoms with Gasteiger partial charge in [-0.15, -0.1) is 0 Å². The van der Waals surface area contributed by atoms with Gasteiger partial charge in [-0.25, -0.2) is 0 Å². The Hall–Kier alpha value is -2.60. The number of halogens is 3. The minimum Gasteiger partial charge on any atom is -0.379 e. The zero-order valence-electron chi connectivity index (χ0n) is 17.1. The van der Waals surface area contributed by atoms with Gasteiger partial charge in [0.25, 0.3) is 0 Å². The molecule has 0 aliphatic heterocycles. The molecular formula is C23H27F3N2O. The Balaban J connectivity index is 0.00000145. The van der Waals surface area contributed by atoms with Crippen molar-refractivity contribution in [3.63, 3.8) is 0 Å². The number of fused-ring (bicyclic) bond motifs is 1. The summed E-state index contributed by atoms with van der Waals surface area (Å²) in [4.78, 5) is 4.42. The van der Waals surface area contributed by atoms with Gasteiger partial charge in [0, 0.05) is 16.8 Å². The first kappa shape index (κ1) is 22.7. The number of anilines is 1. The zero-order chi connectivity index (χ0) is 21.7. The molecule has 0 saturated carbocycles. The maximum absolute atomic E-state index is 13.8. The first-order valence-electron chi connectivity index (χ1n) is 9.73. The van der Waals surface area contributed by atoms with Crippen LogP contribution >= 0.6 is 0 Å². The van der Waals surface area contributed by atoms with Crippen LogP contribution in [0.1, 0.15) is 44.5 Å². The van der Waals surface area contributed by atoms with Gasteiger partial charge in [-0.05, 0) is 43.2 Å². The van der Waals surface area contributed by atoms with Crippen molar-refractivity contribution in [2.45, 2.75) is 51.9 Å². The van der Waals surface area contributed by atoms with Crippen molar-refractivity contribution in [1.29, 1.82) is 0 Å². The van der Waals surface area contributed by atoms with Gasteiger partial charge in [-0.1, -0.05) is 57.2 Å². The van der Waals surface area contributed by atoms with Gasteiger partial charge in [0.15, 0.2) is 5.60 Å². The minimum absolute atomic E-state index is 0.358. The van der Waals surface area contributed by atoms with Gasteiger partial charge in [0.1, 0.15) is 0 Å². The summed E-state index contributed by atoms with van der Waals surface area (Å²) in [5.41, 5.74) is -0.575. The molecule has 2 atom stereocenters. The Morgan fingerprint density at radius 3 is 2.21 bits per heavy atom. The van der Waals surface area contributed by atoms with E-state index in [9.17, 15) is 18.3 Å². The SMILES string of the molecule is CC.CCC(O)(C(Nc1cccc2nc(C)ccc12)c1ccccc1)C(F)(F)F. The zero-order valence-corrected chi connectivity index (χ0v) is 17.1. The smallest absolute Gasteiger partial charge is 0.379 e. The maximum atomic E-state index is 13.8. The minimum atomic E-state index is -4.80. The maximum Gasteiger partial charge on any atom is 0.419 e. The van der Waals surface area contributed by atoms with E-state index in [1.54, 1.807) is 54.6 Å². The standard InChI is InChI=1S/C21H21F3N2O.C2H6/c1-3-20(27,21(22,23)24)19(15-8-5-4-6-9-15)26-18-11-7-10-17-16(18)13-12-14(2)25-17;1-2/h4-13,19,26-27H,3H2,1-2H3;1-2H3. The van der Waals surface area contributed by atoms with Crippen molar-refractivity contribution in [3.05, 3.63) is 71.9 Å². The highest BCUT2D eigenvalue weighted by molar-refractivity contribution is 5.91. The molecule has 0 bridgehead atoms. The molecule has 29 heavy (non-hydrogen) atoms. The lowest BCUT2D eigenvalue weighted by molar-refractivity contribution is -0.267. The molecule has 156 valence electrons. The number of alkyl halides is 3. The monoisotopic (exact) mass is 404 g/mol. The van der Waals surface area contributed by atoms with E-state index in [0.29, 0.717) is 22.2 Å². The summed E-state index contributed by atoms with van der Waals surface area (Å²) in [6.45, 7) is 7.19. The highest BCUT2D eigenvalue weighted by Gasteiger charge is 2.57. The van der Waals surface area contributed by atoms with Crippen LogP contribution in [0.3, 0.4) is 0 Å². The summed E-state index contributed by atoms with van der Waals surface area (Å²) >= 11 is 0. The molecule has 0 saturated heterocycles. The van der Waals surface area contributed by atoms with E-state index in [2.05, 4.69) is 10.3 Å². The predicted octanol–water partition coefficient (Wildman–Crippen LogP) is 6.43. The first-order valence-corrected chi connectivity index (χ1v) is 9.73. The van der Waals surface area contributed by atoms with Crippen LogP contribution in [-0.4, -0.2) is 21.9 Å². The molecule has 1 heterocycles. The molecule has 3 aromatic rings. The van der Waals surface area contributed by atoms with Gasteiger partial charge in [0.05, 0.1) is 11.6 Å². The van der Waals surface area contributed by atoms with Crippen molar-refractivity contribution in [2.24, 2.45) is 0 Å². The van der Waals surface area contributed by atoms with Gasteiger partial charge in [0.2, 0.25) is 0 Å².